The van der Waals surface area contributed by atoms with Crippen molar-refractivity contribution in [3.05, 3.63) is 95.6 Å². The van der Waals surface area contributed by atoms with Crippen molar-refractivity contribution in [1.82, 2.24) is 9.55 Å². The van der Waals surface area contributed by atoms with Crippen molar-refractivity contribution in [2.24, 2.45) is 7.05 Å². The summed E-state index contributed by atoms with van der Waals surface area (Å²) in [4.78, 5) is 5.25. The summed E-state index contributed by atoms with van der Waals surface area (Å²) in [6, 6.07) is 28.6. The molecule has 0 saturated heterocycles. The van der Waals surface area contributed by atoms with Crippen LogP contribution in [-0.2, 0) is 7.05 Å². The largest absolute Gasteiger partial charge is 0.436 e. The Labute approximate surface area is 235 Å². The summed E-state index contributed by atoms with van der Waals surface area (Å²) < 4.78 is 11.5. The Kier molecular flexibility index (Phi) is 6.07. The van der Waals surface area contributed by atoms with E-state index >= 15 is 0 Å². The van der Waals surface area contributed by atoms with Crippen molar-refractivity contribution < 1.29 is 8.98 Å². The minimum atomic E-state index is 0.492. The Morgan fingerprint density at radius 1 is 0.750 bits per heavy atom. The number of hydrogen-bond acceptors (Lipinski definition) is 2. The van der Waals surface area contributed by atoms with Crippen LogP contribution in [0.25, 0.3) is 56.1 Å². The third-order valence-electron chi connectivity index (χ3n) is 8.83. The average molecular weight is 527 g/mol. The molecule has 1 saturated carbocycles. The van der Waals surface area contributed by atoms with Gasteiger partial charge in [-0.3, -0.25) is 0 Å². The Morgan fingerprint density at radius 2 is 1.45 bits per heavy atom. The first-order chi connectivity index (χ1) is 19.5. The Hall–Kier alpha value is -4.18. The summed E-state index contributed by atoms with van der Waals surface area (Å²) in [5, 5.41) is 0. The van der Waals surface area contributed by atoms with Crippen molar-refractivity contribution in [2.45, 2.75) is 58.9 Å². The standard InChI is InChI=1S/C36H36N3O/c1-23-19-20-31-34(37-35(40-31)32-24(2)21-27(22-25(32)3)26-13-7-5-8-14-26)33(23)36-38(4)29-17-11-12-18-30(29)39(36)28-15-9-6-10-16-28/h5,7-8,11-14,17-22,28H,6,9-10,15-16H2,1-4H3/q+1. The molecule has 0 amide bonds. The summed E-state index contributed by atoms with van der Waals surface area (Å²) in [5.41, 5.74) is 12.6. The van der Waals surface area contributed by atoms with Gasteiger partial charge in [0.1, 0.15) is 11.6 Å². The Morgan fingerprint density at radius 3 is 2.20 bits per heavy atom. The number of nitrogens with zero attached hydrogens (tertiary/aromatic N) is 3. The lowest BCUT2D eigenvalue weighted by Crippen LogP contribution is -2.31. The summed E-state index contributed by atoms with van der Waals surface area (Å²) in [6.07, 6.45) is 6.35. The van der Waals surface area contributed by atoms with Crippen molar-refractivity contribution >= 4 is 22.1 Å². The van der Waals surface area contributed by atoms with Crippen LogP contribution < -0.4 is 4.57 Å². The van der Waals surface area contributed by atoms with E-state index in [9.17, 15) is 0 Å². The number of rotatable bonds is 4. The monoisotopic (exact) mass is 526 g/mol. The van der Waals surface area contributed by atoms with Crippen molar-refractivity contribution in [2.75, 3.05) is 0 Å². The molecule has 0 N–H and O–H groups in total. The van der Waals surface area contributed by atoms with Crippen LogP contribution in [0.15, 0.2) is 83.3 Å². The number of oxazole rings is 1. The maximum atomic E-state index is 6.55. The fourth-order valence-electron chi connectivity index (χ4n) is 6.92. The maximum absolute atomic E-state index is 6.55. The first-order valence-corrected chi connectivity index (χ1v) is 14.6. The van der Waals surface area contributed by atoms with E-state index in [1.54, 1.807) is 0 Å². The molecule has 200 valence electrons. The highest BCUT2D eigenvalue weighted by Gasteiger charge is 2.33. The number of fused-ring (bicyclic) bond motifs is 2. The topological polar surface area (TPSA) is 34.8 Å². The third kappa shape index (κ3) is 3.97. The minimum Gasteiger partial charge on any atom is -0.436 e. The molecule has 6 aromatic rings. The molecule has 2 aromatic heterocycles. The lowest BCUT2D eigenvalue weighted by atomic mass is 9.94. The van der Waals surface area contributed by atoms with Gasteiger partial charge in [-0.1, -0.05) is 67.1 Å². The molecule has 0 aliphatic heterocycles. The summed E-state index contributed by atoms with van der Waals surface area (Å²) >= 11 is 0. The van der Waals surface area contributed by atoms with Gasteiger partial charge in [0, 0.05) is 5.56 Å². The van der Waals surface area contributed by atoms with Gasteiger partial charge in [0.2, 0.25) is 5.89 Å². The van der Waals surface area contributed by atoms with E-state index in [-0.39, 0.29) is 0 Å². The van der Waals surface area contributed by atoms with E-state index in [1.807, 2.05) is 0 Å². The molecule has 4 aromatic carbocycles. The number of para-hydroxylation sites is 2. The predicted molar refractivity (Wildman–Crippen MR) is 163 cm³/mol. The molecule has 1 fully saturated rings. The van der Waals surface area contributed by atoms with Crippen LogP contribution >= 0.6 is 0 Å². The summed E-state index contributed by atoms with van der Waals surface area (Å²) in [7, 11) is 2.20. The van der Waals surface area contributed by atoms with E-state index in [0.717, 1.165) is 16.7 Å². The first-order valence-electron chi connectivity index (χ1n) is 14.6. The third-order valence-corrected chi connectivity index (χ3v) is 8.83. The molecule has 4 heteroatoms. The van der Waals surface area contributed by atoms with Crippen molar-refractivity contribution in [3.8, 4) is 34.0 Å². The van der Waals surface area contributed by atoms with Gasteiger partial charge in [-0.05, 0) is 92.5 Å². The van der Waals surface area contributed by atoms with Crippen LogP contribution in [0, 0.1) is 20.8 Å². The number of aromatic nitrogens is 3. The predicted octanol–water partition coefficient (Wildman–Crippen LogP) is 9.04. The number of imidazole rings is 1. The Bertz CT molecular complexity index is 1850. The minimum absolute atomic E-state index is 0.492. The van der Waals surface area contributed by atoms with E-state index in [1.165, 1.54) is 82.3 Å². The molecular formula is C36H36N3O+. The quantitative estimate of drug-likeness (QED) is 0.215. The van der Waals surface area contributed by atoms with Gasteiger partial charge in [0.05, 0.1) is 12.6 Å². The highest BCUT2D eigenvalue weighted by Crippen LogP contribution is 2.40. The zero-order valence-electron chi connectivity index (χ0n) is 23.9. The van der Waals surface area contributed by atoms with E-state index in [0.29, 0.717) is 11.9 Å². The molecule has 7 rings (SSSR count). The number of aryl methyl sites for hydroxylation is 4. The van der Waals surface area contributed by atoms with Crippen molar-refractivity contribution in [3.63, 3.8) is 0 Å². The molecule has 0 atom stereocenters. The van der Waals surface area contributed by atoms with Crippen LogP contribution in [0.3, 0.4) is 0 Å². The SMILES string of the molecule is Cc1cc(-c2ccccc2)cc(C)c1-c1nc2c(-c3n(C4CCCCC4)c4ccccc4[n+]3C)c(C)ccc2o1. The average Bonchev–Trinajstić information content (AvgIpc) is 3.52. The number of benzene rings is 4. The van der Waals surface area contributed by atoms with Crippen LogP contribution in [0.5, 0.6) is 0 Å². The molecule has 1 aliphatic carbocycles. The molecule has 0 spiro atoms. The van der Waals surface area contributed by atoms with Gasteiger partial charge in [-0.2, -0.15) is 0 Å². The highest BCUT2D eigenvalue weighted by atomic mass is 16.3. The lowest BCUT2D eigenvalue weighted by Gasteiger charge is -2.21. The van der Waals surface area contributed by atoms with Gasteiger partial charge in [0.15, 0.2) is 16.6 Å². The molecule has 1 aliphatic rings. The van der Waals surface area contributed by atoms with Gasteiger partial charge in [0.25, 0.3) is 5.82 Å². The second kappa shape index (κ2) is 9.78. The highest BCUT2D eigenvalue weighted by molar-refractivity contribution is 5.93. The molecule has 0 radical (unpaired) electrons. The van der Waals surface area contributed by atoms with Crippen molar-refractivity contribution in [1.29, 1.82) is 0 Å². The maximum Gasteiger partial charge on any atom is 0.292 e. The Balaban J connectivity index is 1.44. The van der Waals surface area contributed by atoms with E-state index in [4.69, 9.17) is 9.40 Å². The van der Waals surface area contributed by atoms with Gasteiger partial charge >= 0.3 is 0 Å². The normalized spacial score (nSPS) is 14.4. The fraction of sp³-hybridized carbons (Fsp3) is 0.278. The van der Waals surface area contributed by atoms with Crippen LogP contribution in [0.4, 0.5) is 0 Å². The zero-order chi connectivity index (χ0) is 27.4. The number of hydrogen-bond donors (Lipinski definition) is 0. The smallest absolute Gasteiger partial charge is 0.292 e. The summed E-state index contributed by atoms with van der Waals surface area (Å²) in [5.74, 6) is 1.92. The van der Waals surface area contributed by atoms with E-state index < -0.39 is 0 Å². The summed E-state index contributed by atoms with van der Waals surface area (Å²) in [6.45, 7) is 6.53. The molecular weight excluding hydrogens is 490 g/mol. The first kappa shape index (κ1) is 24.8. The zero-order valence-corrected chi connectivity index (χ0v) is 23.9. The lowest BCUT2D eigenvalue weighted by molar-refractivity contribution is -0.634. The molecule has 40 heavy (non-hydrogen) atoms. The van der Waals surface area contributed by atoms with Crippen LogP contribution in [0.1, 0.15) is 54.8 Å². The second-order valence-corrected chi connectivity index (χ2v) is 11.5. The molecule has 0 bridgehead atoms. The van der Waals surface area contributed by atoms with Gasteiger partial charge in [-0.15, -0.1) is 0 Å². The second-order valence-electron chi connectivity index (χ2n) is 11.5. The fourth-order valence-corrected chi connectivity index (χ4v) is 6.92. The van der Waals surface area contributed by atoms with Gasteiger partial charge < -0.3 is 4.42 Å². The molecule has 0 unspecified atom stereocenters. The van der Waals surface area contributed by atoms with Crippen LogP contribution in [0.2, 0.25) is 0 Å². The van der Waals surface area contributed by atoms with Crippen LogP contribution in [-0.4, -0.2) is 9.55 Å². The van der Waals surface area contributed by atoms with E-state index in [2.05, 4.69) is 116 Å². The van der Waals surface area contributed by atoms with Gasteiger partial charge in [-0.25, -0.2) is 14.1 Å². The molecule has 2 heterocycles. The molecule has 4 nitrogen and oxygen atoms in total.